The van der Waals surface area contributed by atoms with Crippen molar-refractivity contribution in [2.45, 2.75) is 237 Å². The number of hydrogen-bond acceptors (Lipinski definition) is 9. The van der Waals surface area contributed by atoms with Crippen LogP contribution in [0.1, 0.15) is 200 Å². The van der Waals surface area contributed by atoms with Gasteiger partial charge in [-0.1, -0.05) is 166 Å². The Balaban J connectivity index is 2.19. The van der Waals surface area contributed by atoms with E-state index in [1.165, 1.54) is 122 Å². The molecular formula is C48H88O9. The van der Waals surface area contributed by atoms with Crippen LogP contribution in [-0.2, 0) is 23.7 Å². The number of aliphatic hydroxyl groups is 4. The number of carbonyl (C=O) groups excluding carboxylic acids is 1. The Hall–Kier alpha value is -1.59. The third kappa shape index (κ3) is 31.0. The Morgan fingerprint density at radius 1 is 0.561 bits per heavy atom. The highest BCUT2D eigenvalue weighted by molar-refractivity contribution is 5.69. The molecule has 4 N–H and O–H groups in total. The predicted molar refractivity (Wildman–Crippen MR) is 233 cm³/mol. The third-order valence-corrected chi connectivity index (χ3v) is 10.8. The molecule has 1 fully saturated rings. The molecule has 0 bridgehead atoms. The zero-order valence-electron chi connectivity index (χ0n) is 36.6. The summed E-state index contributed by atoms with van der Waals surface area (Å²) in [6.07, 6.45) is 40.3. The molecule has 0 amide bonds. The summed E-state index contributed by atoms with van der Waals surface area (Å²) in [4.78, 5) is 12.8. The Labute approximate surface area is 349 Å². The summed E-state index contributed by atoms with van der Waals surface area (Å²) in [5.74, 6) is -0.318. The average Bonchev–Trinajstić information content (AvgIpc) is 3.21. The normalized spacial score (nSPS) is 20.7. The maximum absolute atomic E-state index is 12.8. The highest BCUT2D eigenvalue weighted by atomic mass is 16.7. The van der Waals surface area contributed by atoms with E-state index in [1.54, 1.807) is 0 Å². The quantitative estimate of drug-likeness (QED) is 0.0271. The predicted octanol–water partition coefficient (Wildman–Crippen LogP) is 10.8. The van der Waals surface area contributed by atoms with Crippen molar-refractivity contribution in [2.24, 2.45) is 0 Å². The molecule has 9 nitrogen and oxygen atoms in total. The molecule has 0 aliphatic carbocycles. The summed E-state index contributed by atoms with van der Waals surface area (Å²) in [6, 6.07) is 0. The van der Waals surface area contributed by atoms with Gasteiger partial charge in [0.15, 0.2) is 6.29 Å². The molecule has 9 heteroatoms. The number of ether oxygens (including phenoxy) is 4. The van der Waals surface area contributed by atoms with E-state index in [-0.39, 0.29) is 19.2 Å². The van der Waals surface area contributed by atoms with Crippen molar-refractivity contribution in [2.75, 3.05) is 26.4 Å². The third-order valence-electron chi connectivity index (χ3n) is 10.8. The van der Waals surface area contributed by atoms with Crippen LogP contribution in [0.3, 0.4) is 0 Å². The summed E-state index contributed by atoms with van der Waals surface area (Å²) in [6.45, 7) is 4.49. The van der Waals surface area contributed by atoms with Gasteiger partial charge in [-0.25, -0.2) is 0 Å². The number of allylic oxidation sites excluding steroid dienone is 6. The number of carbonyl (C=O) groups is 1. The number of aliphatic hydroxyl groups excluding tert-OH is 4. The van der Waals surface area contributed by atoms with Crippen LogP contribution in [0.5, 0.6) is 0 Å². The van der Waals surface area contributed by atoms with Crippen molar-refractivity contribution in [1.82, 2.24) is 0 Å². The van der Waals surface area contributed by atoms with E-state index in [0.29, 0.717) is 13.0 Å². The van der Waals surface area contributed by atoms with Gasteiger partial charge in [0.2, 0.25) is 0 Å². The first-order chi connectivity index (χ1) is 27.9. The molecule has 0 radical (unpaired) electrons. The van der Waals surface area contributed by atoms with Crippen LogP contribution < -0.4 is 0 Å². The standard InChI is InChI=1S/C48H88O9/c1-3-5-7-9-11-13-15-16-17-18-19-20-21-22-23-24-25-26-27-29-31-33-35-37-44(50)56-42(41-55-48-47(53)46(52)45(51)43(39-49)57-48)40-54-38-36-34-32-30-28-14-12-10-8-6-4-2/h8,10,15-16,18-19,42-43,45-49,51-53H,3-7,9,11-14,17,20-41H2,1-2H3/b10-8-,16-15-,19-18-. The molecule has 6 atom stereocenters. The molecule has 1 heterocycles. The monoisotopic (exact) mass is 809 g/mol. The Kier molecular flexibility index (Phi) is 37.4. The molecule has 0 aromatic heterocycles. The topological polar surface area (TPSA) is 135 Å². The number of hydrogen-bond donors (Lipinski definition) is 4. The SMILES string of the molecule is CCC/C=C\CCCCCCCCOCC(COC1OC(CO)C(O)C(O)C1O)OC(=O)CCCCCCCCCCCCC/C=C\C/C=C\CCCCCCC. The Morgan fingerprint density at radius 2 is 1.05 bits per heavy atom. The molecule has 334 valence electrons. The highest BCUT2D eigenvalue weighted by Crippen LogP contribution is 2.22. The van der Waals surface area contributed by atoms with Gasteiger partial charge in [-0.3, -0.25) is 4.79 Å². The van der Waals surface area contributed by atoms with Crippen LogP contribution in [0, 0.1) is 0 Å². The van der Waals surface area contributed by atoms with Gasteiger partial charge in [0.25, 0.3) is 0 Å². The van der Waals surface area contributed by atoms with Crippen molar-refractivity contribution in [1.29, 1.82) is 0 Å². The minimum Gasteiger partial charge on any atom is -0.457 e. The van der Waals surface area contributed by atoms with Crippen LogP contribution in [-0.4, -0.2) is 89.6 Å². The van der Waals surface area contributed by atoms with Crippen LogP contribution in [0.4, 0.5) is 0 Å². The second-order valence-electron chi connectivity index (χ2n) is 16.2. The number of unbranched alkanes of at least 4 members (excludes halogenated alkanes) is 23. The van der Waals surface area contributed by atoms with E-state index in [9.17, 15) is 25.2 Å². The van der Waals surface area contributed by atoms with Crippen molar-refractivity contribution in [3.05, 3.63) is 36.5 Å². The molecule has 1 aliphatic rings. The fraction of sp³-hybridized carbons (Fsp3) is 0.854. The first-order valence-corrected chi connectivity index (χ1v) is 23.6. The molecule has 0 saturated carbocycles. The van der Waals surface area contributed by atoms with Gasteiger partial charge in [-0.05, 0) is 64.2 Å². The van der Waals surface area contributed by atoms with E-state index in [2.05, 4.69) is 50.3 Å². The number of esters is 1. The lowest BCUT2D eigenvalue weighted by atomic mass is 9.99. The minimum absolute atomic E-state index is 0.116. The first kappa shape index (κ1) is 53.4. The highest BCUT2D eigenvalue weighted by Gasteiger charge is 2.44. The zero-order chi connectivity index (χ0) is 41.4. The van der Waals surface area contributed by atoms with Crippen LogP contribution >= 0.6 is 0 Å². The van der Waals surface area contributed by atoms with Gasteiger partial charge in [0.1, 0.15) is 30.5 Å². The average molecular weight is 809 g/mol. The molecule has 0 spiro atoms. The lowest BCUT2D eigenvalue weighted by molar-refractivity contribution is -0.305. The van der Waals surface area contributed by atoms with Crippen LogP contribution in [0.2, 0.25) is 0 Å². The summed E-state index contributed by atoms with van der Waals surface area (Å²) in [5.41, 5.74) is 0. The maximum atomic E-state index is 12.8. The minimum atomic E-state index is -1.54. The molecular weight excluding hydrogens is 721 g/mol. The van der Waals surface area contributed by atoms with Crippen molar-refractivity contribution in [3.8, 4) is 0 Å². The molecule has 1 saturated heterocycles. The van der Waals surface area contributed by atoms with Crippen molar-refractivity contribution in [3.63, 3.8) is 0 Å². The van der Waals surface area contributed by atoms with Gasteiger partial charge in [-0.15, -0.1) is 0 Å². The van der Waals surface area contributed by atoms with Crippen LogP contribution in [0.25, 0.3) is 0 Å². The summed E-state index contributed by atoms with van der Waals surface area (Å²) in [7, 11) is 0. The van der Waals surface area contributed by atoms with Crippen molar-refractivity contribution >= 4 is 5.97 Å². The van der Waals surface area contributed by atoms with E-state index >= 15 is 0 Å². The second kappa shape index (κ2) is 39.8. The van der Waals surface area contributed by atoms with Gasteiger partial charge in [0.05, 0.1) is 19.8 Å². The van der Waals surface area contributed by atoms with E-state index in [4.69, 9.17) is 18.9 Å². The van der Waals surface area contributed by atoms with Gasteiger partial charge < -0.3 is 39.4 Å². The zero-order valence-corrected chi connectivity index (χ0v) is 36.6. The smallest absolute Gasteiger partial charge is 0.306 e. The summed E-state index contributed by atoms with van der Waals surface area (Å²) in [5, 5.41) is 40.1. The summed E-state index contributed by atoms with van der Waals surface area (Å²) < 4.78 is 22.8. The lowest BCUT2D eigenvalue weighted by Crippen LogP contribution is -2.59. The van der Waals surface area contributed by atoms with E-state index in [0.717, 1.165) is 57.8 Å². The molecule has 0 aromatic rings. The van der Waals surface area contributed by atoms with Crippen molar-refractivity contribution < 1.29 is 44.2 Å². The fourth-order valence-corrected chi connectivity index (χ4v) is 7.05. The summed E-state index contributed by atoms with van der Waals surface area (Å²) >= 11 is 0. The fourth-order valence-electron chi connectivity index (χ4n) is 7.05. The Bertz CT molecular complexity index is 968. The lowest BCUT2D eigenvalue weighted by Gasteiger charge is -2.39. The molecule has 57 heavy (non-hydrogen) atoms. The van der Waals surface area contributed by atoms with Gasteiger partial charge in [0, 0.05) is 13.0 Å². The molecule has 1 rings (SSSR count). The maximum Gasteiger partial charge on any atom is 0.306 e. The second-order valence-corrected chi connectivity index (χ2v) is 16.2. The molecule has 6 unspecified atom stereocenters. The molecule has 1 aliphatic heterocycles. The van der Waals surface area contributed by atoms with Gasteiger partial charge >= 0.3 is 5.97 Å². The first-order valence-electron chi connectivity index (χ1n) is 23.6. The molecule has 0 aromatic carbocycles. The van der Waals surface area contributed by atoms with E-state index < -0.39 is 43.4 Å². The Morgan fingerprint density at radius 3 is 1.60 bits per heavy atom. The van der Waals surface area contributed by atoms with E-state index in [1.807, 2.05) is 0 Å². The van der Waals surface area contributed by atoms with Gasteiger partial charge in [-0.2, -0.15) is 0 Å². The largest absolute Gasteiger partial charge is 0.457 e. The van der Waals surface area contributed by atoms with Crippen LogP contribution in [0.15, 0.2) is 36.5 Å². The number of rotatable bonds is 40.